The summed E-state index contributed by atoms with van der Waals surface area (Å²) in [5.74, 6) is -2.22. The molecule has 0 unspecified atom stereocenters. The Morgan fingerprint density at radius 3 is 2.65 bits per heavy atom. The first-order chi connectivity index (χ1) is 9.45. The molecule has 1 aromatic carbocycles. The smallest absolute Gasteiger partial charge is 0.202 e. The van der Waals surface area contributed by atoms with Crippen LogP contribution in [0.25, 0.3) is 16.9 Å². The normalized spacial score (nSPS) is 12.0. The molecule has 0 amide bonds. The zero-order valence-corrected chi connectivity index (χ0v) is 11.0. The van der Waals surface area contributed by atoms with Crippen molar-refractivity contribution >= 4 is 5.65 Å². The number of fused-ring (bicyclic) bond motifs is 1. The van der Waals surface area contributed by atoms with Gasteiger partial charge in [0.1, 0.15) is 0 Å². The molecule has 0 aliphatic carbocycles. The molecule has 0 aliphatic heterocycles. The highest BCUT2D eigenvalue weighted by molar-refractivity contribution is 5.61. The maximum Gasteiger partial charge on any atom is 0.270 e. The van der Waals surface area contributed by atoms with Crippen LogP contribution >= 0.6 is 0 Å². The topological polar surface area (TPSA) is 43.1 Å². The minimum atomic E-state index is -2.87. The van der Waals surface area contributed by atoms with Gasteiger partial charge in [0, 0.05) is 18.1 Å². The molecule has 0 bridgehead atoms. The first-order valence-corrected chi connectivity index (χ1v) is 6.13. The molecule has 0 saturated carbocycles. The van der Waals surface area contributed by atoms with Crippen molar-refractivity contribution in [2.45, 2.75) is 19.8 Å². The summed E-state index contributed by atoms with van der Waals surface area (Å²) >= 11 is 0. The van der Waals surface area contributed by atoms with Crippen molar-refractivity contribution in [1.82, 2.24) is 19.8 Å². The minimum Gasteiger partial charge on any atom is -0.202 e. The van der Waals surface area contributed by atoms with Gasteiger partial charge >= 0.3 is 0 Å². The fourth-order valence-corrected chi connectivity index (χ4v) is 2.00. The number of aryl methyl sites for hydroxylation is 1. The molecule has 6 heteroatoms. The summed E-state index contributed by atoms with van der Waals surface area (Å²) in [6.45, 7) is 2.67. The molecule has 3 rings (SSSR count). The van der Waals surface area contributed by atoms with Crippen LogP contribution in [-0.4, -0.2) is 19.8 Å². The zero-order valence-electron chi connectivity index (χ0n) is 11.0. The molecule has 0 aliphatic rings. The Labute approximate surface area is 114 Å². The van der Waals surface area contributed by atoms with E-state index in [1.54, 1.807) is 35.7 Å². The van der Waals surface area contributed by atoms with Crippen LogP contribution < -0.4 is 0 Å². The van der Waals surface area contributed by atoms with Gasteiger partial charge in [-0.05, 0) is 25.1 Å². The quantitative estimate of drug-likeness (QED) is 0.720. The van der Waals surface area contributed by atoms with Crippen molar-refractivity contribution in [3.05, 3.63) is 47.8 Å². The Balaban J connectivity index is 2.13. The van der Waals surface area contributed by atoms with E-state index in [9.17, 15) is 8.78 Å². The molecular formula is C14H12F2N4. The van der Waals surface area contributed by atoms with Gasteiger partial charge in [-0.25, -0.2) is 8.78 Å². The van der Waals surface area contributed by atoms with Gasteiger partial charge in [-0.15, -0.1) is 10.2 Å². The Morgan fingerprint density at radius 2 is 1.90 bits per heavy atom. The fourth-order valence-electron chi connectivity index (χ4n) is 2.00. The Kier molecular flexibility index (Phi) is 2.74. The number of alkyl halides is 2. The standard InChI is InChI=1S/C14H12F2N4/c1-9-17-18-13-7-6-12(19-20(9)13)10-4-3-5-11(8-10)14(2,15)16/h3-8H,1-2H3. The number of hydrogen-bond donors (Lipinski definition) is 0. The average Bonchev–Trinajstić information content (AvgIpc) is 2.79. The van der Waals surface area contributed by atoms with Crippen LogP contribution in [0.4, 0.5) is 8.78 Å². The third-order valence-electron chi connectivity index (χ3n) is 3.08. The van der Waals surface area contributed by atoms with E-state index in [0.29, 0.717) is 22.7 Å². The van der Waals surface area contributed by atoms with Crippen LogP contribution in [0.5, 0.6) is 0 Å². The molecule has 0 fully saturated rings. The molecule has 0 atom stereocenters. The van der Waals surface area contributed by atoms with Gasteiger partial charge in [-0.1, -0.05) is 18.2 Å². The highest BCUT2D eigenvalue weighted by Gasteiger charge is 2.24. The van der Waals surface area contributed by atoms with Crippen LogP contribution in [0.1, 0.15) is 18.3 Å². The molecule has 2 aromatic heterocycles. The van der Waals surface area contributed by atoms with Crippen LogP contribution in [0.2, 0.25) is 0 Å². The number of rotatable bonds is 2. The fraction of sp³-hybridized carbons (Fsp3) is 0.214. The summed E-state index contributed by atoms with van der Waals surface area (Å²) in [5.41, 5.74) is 1.84. The second-order valence-electron chi connectivity index (χ2n) is 4.70. The zero-order chi connectivity index (χ0) is 14.3. The number of halogens is 2. The van der Waals surface area contributed by atoms with E-state index < -0.39 is 5.92 Å². The van der Waals surface area contributed by atoms with Crippen molar-refractivity contribution in [2.75, 3.05) is 0 Å². The summed E-state index contributed by atoms with van der Waals surface area (Å²) in [6, 6.07) is 9.73. The summed E-state index contributed by atoms with van der Waals surface area (Å²) < 4.78 is 28.3. The molecule has 102 valence electrons. The Morgan fingerprint density at radius 1 is 1.10 bits per heavy atom. The van der Waals surface area contributed by atoms with Gasteiger partial charge in [-0.2, -0.15) is 9.61 Å². The van der Waals surface area contributed by atoms with E-state index in [4.69, 9.17) is 0 Å². The predicted molar refractivity (Wildman–Crippen MR) is 70.5 cm³/mol. The van der Waals surface area contributed by atoms with E-state index in [-0.39, 0.29) is 5.56 Å². The highest BCUT2D eigenvalue weighted by atomic mass is 19.3. The maximum absolute atomic E-state index is 13.4. The molecule has 2 heterocycles. The summed E-state index contributed by atoms with van der Waals surface area (Å²) in [6.07, 6.45) is 0. The van der Waals surface area contributed by atoms with Crippen LogP contribution in [0.15, 0.2) is 36.4 Å². The molecule has 0 saturated heterocycles. The van der Waals surface area contributed by atoms with E-state index in [1.165, 1.54) is 12.1 Å². The molecule has 4 nitrogen and oxygen atoms in total. The third kappa shape index (κ3) is 2.13. The lowest BCUT2D eigenvalue weighted by Gasteiger charge is -2.11. The van der Waals surface area contributed by atoms with Crippen molar-refractivity contribution in [1.29, 1.82) is 0 Å². The monoisotopic (exact) mass is 274 g/mol. The average molecular weight is 274 g/mol. The van der Waals surface area contributed by atoms with Crippen molar-refractivity contribution in [3.8, 4) is 11.3 Å². The number of aromatic nitrogens is 4. The van der Waals surface area contributed by atoms with E-state index in [0.717, 1.165) is 6.92 Å². The van der Waals surface area contributed by atoms with Gasteiger partial charge < -0.3 is 0 Å². The van der Waals surface area contributed by atoms with Crippen molar-refractivity contribution in [3.63, 3.8) is 0 Å². The lowest BCUT2D eigenvalue weighted by atomic mass is 10.0. The predicted octanol–water partition coefficient (Wildman–Crippen LogP) is 3.21. The lowest BCUT2D eigenvalue weighted by molar-refractivity contribution is 0.0175. The number of nitrogens with zero attached hydrogens (tertiary/aromatic N) is 4. The van der Waals surface area contributed by atoms with Crippen molar-refractivity contribution in [2.24, 2.45) is 0 Å². The Hall–Kier alpha value is -2.37. The first-order valence-electron chi connectivity index (χ1n) is 6.13. The van der Waals surface area contributed by atoms with Crippen LogP contribution in [0.3, 0.4) is 0 Å². The molecule has 20 heavy (non-hydrogen) atoms. The molecular weight excluding hydrogens is 262 g/mol. The third-order valence-corrected chi connectivity index (χ3v) is 3.08. The second kappa shape index (κ2) is 4.33. The maximum atomic E-state index is 13.4. The number of benzene rings is 1. The van der Waals surface area contributed by atoms with Gasteiger partial charge in [0.2, 0.25) is 0 Å². The summed E-state index contributed by atoms with van der Waals surface area (Å²) in [5, 5.41) is 12.2. The van der Waals surface area contributed by atoms with Crippen LogP contribution in [0, 0.1) is 6.92 Å². The molecule has 3 aromatic rings. The van der Waals surface area contributed by atoms with Crippen molar-refractivity contribution < 1.29 is 8.78 Å². The van der Waals surface area contributed by atoms with E-state index >= 15 is 0 Å². The lowest BCUT2D eigenvalue weighted by Crippen LogP contribution is -2.06. The van der Waals surface area contributed by atoms with E-state index in [2.05, 4.69) is 15.3 Å². The van der Waals surface area contributed by atoms with Gasteiger partial charge in [0.05, 0.1) is 5.69 Å². The second-order valence-corrected chi connectivity index (χ2v) is 4.70. The number of hydrogen-bond acceptors (Lipinski definition) is 3. The molecule has 0 N–H and O–H groups in total. The summed E-state index contributed by atoms with van der Waals surface area (Å²) in [4.78, 5) is 0. The Bertz CT molecular complexity index is 774. The van der Waals surface area contributed by atoms with E-state index in [1.807, 2.05) is 0 Å². The van der Waals surface area contributed by atoms with Crippen LogP contribution in [-0.2, 0) is 5.92 Å². The van der Waals surface area contributed by atoms with Gasteiger partial charge in [-0.3, -0.25) is 0 Å². The first kappa shape index (κ1) is 12.7. The molecule has 0 radical (unpaired) electrons. The minimum absolute atomic E-state index is 0.0302. The summed E-state index contributed by atoms with van der Waals surface area (Å²) in [7, 11) is 0. The van der Waals surface area contributed by atoms with Gasteiger partial charge in [0.15, 0.2) is 11.5 Å². The SMILES string of the molecule is Cc1nnc2ccc(-c3cccc(C(C)(F)F)c3)nn12. The largest absolute Gasteiger partial charge is 0.270 e. The van der Waals surface area contributed by atoms with Gasteiger partial charge in [0.25, 0.3) is 5.92 Å². The highest BCUT2D eigenvalue weighted by Crippen LogP contribution is 2.29. The molecule has 0 spiro atoms.